The molecule has 6 nitrogen and oxygen atoms in total. The van der Waals surface area contributed by atoms with Crippen molar-refractivity contribution in [3.8, 4) is 0 Å². The number of ether oxygens (including phenoxy) is 1. The van der Waals surface area contributed by atoms with Gasteiger partial charge < -0.3 is 4.74 Å². The van der Waals surface area contributed by atoms with Crippen LogP contribution >= 0.6 is 0 Å². The molecule has 2 aromatic carbocycles. The molecule has 0 aliphatic carbocycles. The van der Waals surface area contributed by atoms with Gasteiger partial charge in [0.1, 0.15) is 5.60 Å². The second-order valence-electron chi connectivity index (χ2n) is 7.77. The van der Waals surface area contributed by atoms with Gasteiger partial charge in [0.2, 0.25) is 0 Å². The van der Waals surface area contributed by atoms with Crippen LogP contribution in [-0.2, 0) is 19.6 Å². The van der Waals surface area contributed by atoms with Gasteiger partial charge in [-0.25, -0.2) is 0 Å². The molecule has 2 rings (SSSR count). The summed E-state index contributed by atoms with van der Waals surface area (Å²) in [5.41, 5.74) is 1.80. The highest BCUT2D eigenvalue weighted by Gasteiger charge is 2.17. The molecule has 0 aromatic heterocycles. The lowest BCUT2D eigenvalue weighted by atomic mass is 10.0. The van der Waals surface area contributed by atoms with E-state index in [-0.39, 0.29) is 17.3 Å². The molecule has 0 spiro atoms. The summed E-state index contributed by atoms with van der Waals surface area (Å²) < 4.78 is 30.4. The van der Waals surface area contributed by atoms with Gasteiger partial charge in [0.05, 0.1) is 10.6 Å². The van der Waals surface area contributed by atoms with Crippen molar-refractivity contribution >= 4 is 21.7 Å². The number of hydrazone groups is 1. The number of rotatable bonds is 8. The average molecular weight is 417 g/mol. The molecule has 0 bridgehead atoms. The highest BCUT2D eigenvalue weighted by Crippen LogP contribution is 2.14. The highest BCUT2D eigenvalue weighted by molar-refractivity contribution is 7.89. The van der Waals surface area contributed by atoms with Crippen molar-refractivity contribution in [2.24, 2.45) is 5.10 Å². The van der Waals surface area contributed by atoms with Crippen molar-refractivity contribution in [2.75, 3.05) is 0 Å². The minimum absolute atomic E-state index is 0.146. The Kier molecular flexibility index (Phi) is 7.56. The molecule has 156 valence electrons. The Morgan fingerprint density at radius 3 is 2.21 bits per heavy atom. The summed E-state index contributed by atoms with van der Waals surface area (Å²) in [7, 11) is -3.77. The van der Waals surface area contributed by atoms with Crippen LogP contribution in [0.2, 0.25) is 0 Å². The van der Waals surface area contributed by atoms with Crippen LogP contribution in [0.3, 0.4) is 0 Å². The molecule has 7 heteroatoms. The van der Waals surface area contributed by atoms with E-state index >= 15 is 0 Å². The van der Waals surface area contributed by atoms with E-state index in [1.54, 1.807) is 12.1 Å². The predicted molar refractivity (Wildman–Crippen MR) is 114 cm³/mol. The van der Waals surface area contributed by atoms with Gasteiger partial charge in [-0.2, -0.15) is 18.4 Å². The third kappa shape index (κ3) is 7.69. The monoisotopic (exact) mass is 416 g/mol. The summed E-state index contributed by atoms with van der Waals surface area (Å²) in [5, 5.41) is 4.16. The lowest BCUT2D eigenvalue weighted by molar-refractivity contribution is -0.154. The molecule has 0 aliphatic heterocycles. The number of nitrogens with one attached hydrogen (secondary N) is 1. The second-order valence-corrected chi connectivity index (χ2v) is 9.43. The van der Waals surface area contributed by atoms with Gasteiger partial charge in [-0.15, -0.1) is 0 Å². The van der Waals surface area contributed by atoms with Gasteiger partial charge in [0.25, 0.3) is 10.0 Å². The van der Waals surface area contributed by atoms with Crippen molar-refractivity contribution in [1.29, 1.82) is 0 Å². The van der Waals surface area contributed by atoms with Crippen molar-refractivity contribution in [1.82, 2.24) is 4.83 Å². The molecule has 0 amide bonds. The van der Waals surface area contributed by atoms with Crippen LogP contribution in [0, 0.1) is 6.92 Å². The van der Waals surface area contributed by atoms with Crippen LogP contribution in [0.4, 0.5) is 0 Å². The fraction of sp³-hybridized carbons (Fsp3) is 0.364. The predicted octanol–water partition coefficient (Wildman–Crippen LogP) is 4.19. The Balaban J connectivity index is 2.12. The number of hydrogen-bond donors (Lipinski definition) is 1. The smallest absolute Gasteiger partial charge is 0.306 e. The number of esters is 1. The van der Waals surface area contributed by atoms with E-state index in [0.29, 0.717) is 18.6 Å². The standard InChI is InChI=1S/C22H28N2O4S/c1-17-13-15-19(16-14-17)29(26,27)24-23-20(18-9-6-5-7-10-18)11-8-12-21(25)28-22(2,3)4/h5-7,9-10,13-16,24H,8,11-12H2,1-4H3/b23-20+. The van der Waals surface area contributed by atoms with Gasteiger partial charge in [-0.05, 0) is 58.2 Å². The van der Waals surface area contributed by atoms with Crippen LogP contribution in [0.25, 0.3) is 0 Å². The SMILES string of the molecule is Cc1ccc(S(=O)(=O)N/N=C(\CCCC(=O)OC(C)(C)C)c2ccccc2)cc1. The van der Waals surface area contributed by atoms with E-state index < -0.39 is 15.6 Å². The van der Waals surface area contributed by atoms with Crippen LogP contribution in [0.1, 0.15) is 51.2 Å². The third-order valence-corrected chi connectivity index (χ3v) is 5.18. The Labute approximate surface area is 173 Å². The van der Waals surface area contributed by atoms with Gasteiger partial charge in [-0.3, -0.25) is 4.79 Å². The Hall–Kier alpha value is -2.67. The molecule has 0 unspecified atom stereocenters. The summed E-state index contributed by atoms with van der Waals surface area (Å²) in [6.45, 7) is 7.35. The maximum absolute atomic E-state index is 12.5. The summed E-state index contributed by atoms with van der Waals surface area (Å²) >= 11 is 0. The lowest BCUT2D eigenvalue weighted by Crippen LogP contribution is -2.24. The number of benzene rings is 2. The van der Waals surface area contributed by atoms with Crippen molar-refractivity contribution in [3.05, 3.63) is 65.7 Å². The number of carbonyl (C=O) groups is 1. The Morgan fingerprint density at radius 2 is 1.62 bits per heavy atom. The summed E-state index contributed by atoms with van der Waals surface area (Å²) in [6, 6.07) is 15.8. The second kappa shape index (κ2) is 9.69. The first kappa shape index (κ1) is 22.6. The fourth-order valence-corrected chi connectivity index (χ4v) is 3.40. The summed E-state index contributed by atoms with van der Waals surface area (Å²) in [6.07, 6.45) is 1.16. The maximum Gasteiger partial charge on any atom is 0.306 e. The molecular weight excluding hydrogens is 388 g/mol. The third-order valence-electron chi connectivity index (χ3n) is 3.95. The number of aryl methyl sites for hydroxylation is 1. The van der Waals surface area contributed by atoms with Crippen molar-refractivity contribution in [3.63, 3.8) is 0 Å². The highest BCUT2D eigenvalue weighted by atomic mass is 32.2. The first-order valence-corrected chi connectivity index (χ1v) is 11.0. The maximum atomic E-state index is 12.5. The number of nitrogens with zero attached hydrogens (tertiary/aromatic N) is 1. The van der Waals surface area contributed by atoms with Gasteiger partial charge >= 0.3 is 5.97 Å². The molecule has 0 atom stereocenters. The van der Waals surface area contributed by atoms with E-state index in [9.17, 15) is 13.2 Å². The molecular formula is C22H28N2O4S. The van der Waals surface area contributed by atoms with Gasteiger partial charge in [0.15, 0.2) is 0 Å². The molecule has 0 saturated carbocycles. The van der Waals surface area contributed by atoms with Crippen LogP contribution in [0.15, 0.2) is 64.6 Å². The lowest BCUT2D eigenvalue weighted by Gasteiger charge is -2.19. The minimum atomic E-state index is -3.77. The molecule has 0 aliphatic rings. The average Bonchev–Trinajstić information content (AvgIpc) is 2.64. The zero-order chi connectivity index (χ0) is 21.5. The molecule has 1 N–H and O–H groups in total. The van der Waals surface area contributed by atoms with Gasteiger partial charge in [0, 0.05) is 6.42 Å². The van der Waals surface area contributed by atoms with Crippen LogP contribution in [0.5, 0.6) is 0 Å². The fourth-order valence-electron chi connectivity index (χ4n) is 2.57. The molecule has 0 fully saturated rings. The zero-order valence-corrected chi connectivity index (χ0v) is 18.1. The first-order chi connectivity index (χ1) is 13.6. The van der Waals surface area contributed by atoms with E-state index in [2.05, 4.69) is 9.93 Å². The molecule has 0 radical (unpaired) electrons. The van der Waals surface area contributed by atoms with E-state index in [4.69, 9.17) is 4.74 Å². The van der Waals surface area contributed by atoms with Crippen LogP contribution < -0.4 is 4.83 Å². The normalized spacial score (nSPS) is 12.5. The topological polar surface area (TPSA) is 84.8 Å². The van der Waals surface area contributed by atoms with Crippen molar-refractivity contribution < 1.29 is 17.9 Å². The number of hydrogen-bond acceptors (Lipinski definition) is 5. The molecule has 2 aromatic rings. The summed E-state index contributed by atoms with van der Waals surface area (Å²) in [4.78, 5) is 14.4. The van der Waals surface area contributed by atoms with E-state index in [1.807, 2.05) is 58.0 Å². The largest absolute Gasteiger partial charge is 0.460 e. The first-order valence-electron chi connectivity index (χ1n) is 9.49. The summed E-state index contributed by atoms with van der Waals surface area (Å²) in [5.74, 6) is -0.287. The van der Waals surface area contributed by atoms with E-state index in [1.165, 1.54) is 12.1 Å². The van der Waals surface area contributed by atoms with Gasteiger partial charge in [-0.1, -0.05) is 48.0 Å². The molecule has 0 heterocycles. The zero-order valence-electron chi connectivity index (χ0n) is 17.3. The van der Waals surface area contributed by atoms with Crippen LogP contribution in [-0.4, -0.2) is 25.7 Å². The molecule has 0 saturated heterocycles. The molecule has 29 heavy (non-hydrogen) atoms. The van der Waals surface area contributed by atoms with E-state index in [0.717, 1.165) is 11.1 Å². The quantitative estimate of drug-likeness (QED) is 0.397. The number of carbonyl (C=O) groups excluding carboxylic acids is 1. The Bertz CT molecular complexity index is 945. The minimum Gasteiger partial charge on any atom is -0.460 e. The Morgan fingerprint density at radius 1 is 1.00 bits per heavy atom. The van der Waals surface area contributed by atoms with Crippen molar-refractivity contribution in [2.45, 2.75) is 57.5 Å². The number of sulfonamides is 1.